The molecule has 0 fully saturated rings. The number of hydrogen-bond donors (Lipinski definition) is 1. The molecule has 0 bridgehead atoms. The Labute approximate surface area is 179 Å². The van der Waals surface area contributed by atoms with Crippen LogP contribution in [-0.4, -0.2) is 22.3 Å². The van der Waals surface area contributed by atoms with E-state index in [9.17, 15) is 9.59 Å². The number of aromatic nitrogens is 2. The first-order valence-corrected chi connectivity index (χ1v) is 10.1. The molecule has 0 atom stereocenters. The largest absolute Gasteiger partial charge is 0.494 e. The third-order valence-electron chi connectivity index (χ3n) is 5.14. The van der Waals surface area contributed by atoms with Gasteiger partial charge in [0.1, 0.15) is 11.3 Å². The molecule has 2 aromatic carbocycles. The molecule has 7 heteroatoms. The Hall–Kier alpha value is -3.87. The average molecular weight is 417 g/mol. The zero-order valence-electron chi connectivity index (χ0n) is 17.6. The van der Waals surface area contributed by atoms with Crippen molar-refractivity contribution in [2.75, 3.05) is 6.61 Å². The van der Waals surface area contributed by atoms with Crippen LogP contribution in [0.25, 0.3) is 16.7 Å². The molecule has 2 heterocycles. The van der Waals surface area contributed by atoms with Crippen molar-refractivity contribution in [2.24, 2.45) is 0 Å². The molecule has 0 aliphatic rings. The van der Waals surface area contributed by atoms with E-state index in [0.29, 0.717) is 29.9 Å². The van der Waals surface area contributed by atoms with Crippen LogP contribution in [0.3, 0.4) is 0 Å². The SMILES string of the molecule is CCOc1ccc2c(C(=O)NCc3c(C)nn(-c4ccccc4)c3C)cc(=O)oc2c1. The minimum Gasteiger partial charge on any atom is -0.494 e. The normalized spacial score (nSPS) is 10.9. The number of benzene rings is 2. The molecule has 4 rings (SSSR count). The lowest BCUT2D eigenvalue weighted by molar-refractivity contribution is 0.0952. The molecule has 7 nitrogen and oxygen atoms in total. The molecule has 0 spiro atoms. The lowest BCUT2D eigenvalue weighted by Crippen LogP contribution is -2.24. The first-order valence-electron chi connectivity index (χ1n) is 10.1. The summed E-state index contributed by atoms with van der Waals surface area (Å²) in [7, 11) is 0. The first-order chi connectivity index (χ1) is 15.0. The summed E-state index contributed by atoms with van der Waals surface area (Å²) in [4.78, 5) is 25.0. The van der Waals surface area contributed by atoms with Crippen LogP contribution >= 0.6 is 0 Å². The standard InChI is InChI=1S/C24H23N3O4/c1-4-30-18-10-11-19-20(13-23(28)31-22(19)12-18)24(29)25-14-21-15(2)26-27(16(21)3)17-8-6-5-7-9-17/h5-13H,4,14H2,1-3H3,(H,25,29). The number of fused-ring (bicyclic) bond motifs is 1. The highest BCUT2D eigenvalue weighted by atomic mass is 16.5. The van der Waals surface area contributed by atoms with E-state index in [1.54, 1.807) is 18.2 Å². The number of rotatable bonds is 6. The second kappa shape index (κ2) is 8.47. The second-order valence-corrected chi connectivity index (χ2v) is 7.15. The third-order valence-corrected chi connectivity index (χ3v) is 5.14. The van der Waals surface area contributed by atoms with Gasteiger partial charge in [-0.15, -0.1) is 0 Å². The lowest BCUT2D eigenvalue weighted by Gasteiger charge is -2.09. The fourth-order valence-electron chi connectivity index (χ4n) is 3.60. The van der Waals surface area contributed by atoms with Crippen molar-refractivity contribution >= 4 is 16.9 Å². The van der Waals surface area contributed by atoms with E-state index in [-0.39, 0.29) is 11.5 Å². The maximum Gasteiger partial charge on any atom is 0.337 e. The molecule has 1 amide bonds. The number of amides is 1. The van der Waals surface area contributed by atoms with E-state index in [0.717, 1.165) is 22.6 Å². The molecule has 158 valence electrons. The van der Waals surface area contributed by atoms with Gasteiger partial charge in [-0.25, -0.2) is 9.48 Å². The smallest absolute Gasteiger partial charge is 0.337 e. The third kappa shape index (κ3) is 4.07. The summed E-state index contributed by atoms with van der Waals surface area (Å²) in [6, 6.07) is 16.1. The number of carbonyl (C=O) groups excluding carboxylic acids is 1. The van der Waals surface area contributed by atoms with Gasteiger partial charge in [-0.3, -0.25) is 4.79 Å². The molecule has 31 heavy (non-hydrogen) atoms. The highest BCUT2D eigenvalue weighted by molar-refractivity contribution is 6.05. The molecule has 0 radical (unpaired) electrons. The summed E-state index contributed by atoms with van der Waals surface area (Å²) in [5.41, 5.74) is 3.66. The van der Waals surface area contributed by atoms with Gasteiger partial charge in [0.15, 0.2) is 0 Å². The van der Waals surface area contributed by atoms with Crippen molar-refractivity contribution in [2.45, 2.75) is 27.3 Å². The van der Waals surface area contributed by atoms with Gasteiger partial charge in [-0.1, -0.05) is 18.2 Å². The van der Waals surface area contributed by atoms with Crippen molar-refractivity contribution < 1.29 is 13.9 Å². The van der Waals surface area contributed by atoms with E-state index in [1.807, 2.05) is 55.8 Å². The topological polar surface area (TPSA) is 86.4 Å². The molecule has 0 saturated heterocycles. The maximum absolute atomic E-state index is 12.9. The zero-order chi connectivity index (χ0) is 22.0. The van der Waals surface area contributed by atoms with Crippen molar-refractivity contribution in [1.82, 2.24) is 15.1 Å². The maximum atomic E-state index is 12.9. The second-order valence-electron chi connectivity index (χ2n) is 7.15. The fraction of sp³-hybridized carbons (Fsp3) is 0.208. The molecular weight excluding hydrogens is 394 g/mol. The minimum absolute atomic E-state index is 0.264. The van der Waals surface area contributed by atoms with Crippen LogP contribution in [0, 0.1) is 13.8 Å². The monoisotopic (exact) mass is 417 g/mol. The lowest BCUT2D eigenvalue weighted by atomic mass is 10.1. The Bertz CT molecular complexity index is 1310. The van der Waals surface area contributed by atoms with Gasteiger partial charge >= 0.3 is 5.63 Å². The van der Waals surface area contributed by atoms with Gasteiger partial charge in [0.25, 0.3) is 5.91 Å². The number of nitrogens with zero attached hydrogens (tertiary/aromatic N) is 2. The summed E-state index contributed by atoms with van der Waals surface area (Å²) in [5, 5.41) is 8.08. The van der Waals surface area contributed by atoms with E-state index in [4.69, 9.17) is 9.15 Å². The van der Waals surface area contributed by atoms with Crippen LogP contribution in [0.15, 0.2) is 63.8 Å². The summed E-state index contributed by atoms with van der Waals surface area (Å²) in [6.07, 6.45) is 0. The van der Waals surface area contributed by atoms with Crippen LogP contribution in [0.2, 0.25) is 0 Å². The Kier molecular flexibility index (Phi) is 5.58. The summed E-state index contributed by atoms with van der Waals surface area (Å²) in [5.74, 6) is 0.226. The van der Waals surface area contributed by atoms with Gasteiger partial charge in [-0.05, 0) is 45.0 Å². The zero-order valence-corrected chi connectivity index (χ0v) is 17.6. The van der Waals surface area contributed by atoms with Crippen LogP contribution in [-0.2, 0) is 6.54 Å². The van der Waals surface area contributed by atoms with Gasteiger partial charge in [-0.2, -0.15) is 5.10 Å². The van der Waals surface area contributed by atoms with Crippen molar-refractivity contribution in [1.29, 1.82) is 0 Å². The molecule has 0 saturated carbocycles. The van der Waals surface area contributed by atoms with Crippen molar-refractivity contribution in [3.05, 3.63) is 87.5 Å². The summed E-state index contributed by atoms with van der Waals surface area (Å²) >= 11 is 0. The Morgan fingerprint density at radius 3 is 2.65 bits per heavy atom. The van der Waals surface area contributed by atoms with Gasteiger partial charge in [0, 0.05) is 35.3 Å². The highest BCUT2D eigenvalue weighted by Gasteiger charge is 2.17. The predicted octanol–water partition coefficient (Wildman–Crippen LogP) is 3.92. The number of para-hydroxylation sites is 1. The van der Waals surface area contributed by atoms with Gasteiger partial charge < -0.3 is 14.5 Å². The molecule has 0 aliphatic heterocycles. The quantitative estimate of drug-likeness (QED) is 0.481. The van der Waals surface area contributed by atoms with E-state index >= 15 is 0 Å². The van der Waals surface area contributed by atoms with E-state index in [1.165, 1.54) is 6.07 Å². The fourth-order valence-corrected chi connectivity index (χ4v) is 3.60. The van der Waals surface area contributed by atoms with Crippen LogP contribution < -0.4 is 15.7 Å². The highest BCUT2D eigenvalue weighted by Crippen LogP contribution is 2.23. The molecule has 0 aliphatic carbocycles. The number of ether oxygens (including phenoxy) is 1. The molecule has 4 aromatic rings. The Morgan fingerprint density at radius 2 is 1.90 bits per heavy atom. The van der Waals surface area contributed by atoms with Crippen molar-refractivity contribution in [3.8, 4) is 11.4 Å². The number of hydrogen-bond acceptors (Lipinski definition) is 5. The van der Waals surface area contributed by atoms with E-state index < -0.39 is 5.63 Å². The van der Waals surface area contributed by atoms with Crippen molar-refractivity contribution in [3.63, 3.8) is 0 Å². The van der Waals surface area contributed by atoms with Gasteiger partial charge in [0.2, 0.25) is 0 Å². The predicted molar refractivity (Wildman–Crippen MR) is 118 cm³/mol. The Balaban J connectivity index is 1.61. The van der Waals surface area contributed by atoms with Gasteiger partial charge in [0.05, 0.1) is 23.6 Å². The number of aryl methyl sites for hydroxylation is 1. The van der Waals surface area contributed by atoms with Crippen LogP contribution in [0.5, 0.6) is 5.75 Å². The number of nitrogens with one attached hydrogen (secondary N) is 1. The average Bonchev–Trinajstić information content (AvgIpc) is 3.05. The first kappa shape index (κ1) is 20.4. The molecular formula is C24H23N3O4. The minimum atomic E-state index is -0.587. The summed E-state index contributed by atoms with van der Waals surface area (Å²) in [6.45, 7) is 6.54. The molecule has 1 N–H and O–H groups in total. The number of carbonyl (C=O) groups is 1. The van der Waals surface area contributed by atoms with E-state index in [2.05, 4.69) is 10.4 Å². The van der Waals surface area contributed by atoms with Crippen LogP contribution in [0.1, 0.15) is 34.2 Å². The molecule has 2 aromatic heterocycles. The van der Waals surface area contributed by atoms with Crippen LogP contribution in [0.4, 0.5) is 0 Å². The molecule has 0 unspecified atom stereocenters. The summed E-state index contributed by atoms with van der Waals surface area (Å²) < 4.78 is 12.6. The Morgan fingerprint density at radius 1 is 1.13 bits per heavy atom.